The van der Waals surface area contributed by atoms with Crippen LogP contribution in [0.2, 0.25) is 0 Å². The highest BCUT2D eigenvalue weighted by Crippen LogP contribution is 2.35. The van der Waals surface area contributed by atoms with E-state index >= 15 is 0 Å². The Labute approximate surface area is 120 Å². The molecular weight excluding hydrogens is 248 g/mol. The van der Waals surface area contributed by atoms with Crippen LogP contribution in [-0.2, 0) is 0 Å². The van der Waals surface area contributed by atoms with E-state index < -0.39 is 0 Å². The van der Waals surface area contributed by atoms with E-state index in [1.807, 2.05) is 0 Å². The minimum absolute atomic E-state index is 0.139. The Balaban J connectivity index is 1.92. The molecule has 1 heterocycles. The SMILES string of the molecule is Cc1cccc2cc(C(NN)C3CCCCCC3)oc12. The predicted octanol–water partition coefficient (Wildman–Crippen LogP) is 4.22. The number of fused-ring (bicyclic) bond motifs is 1. The first-order valence-electron chi connectivity index (χ1n) is 7.75. The van der Waals surface area contributed by atoms with Crippen molar-refractivity contribution < 1.29 is 4.42 Å². The number of nitrogens with two attached hydrogens (primary N) is 1. The standard InChI is InChI=1S/C17H24N2O/c1-12-7-6-10-14-11-15(20-17(12)14)16(19-18)13-8-4-2-3-5-9-13/h6-7,10-11,13,16,19H,2-5,8-9,18H2,1H3. The molecule has 0 bridgehead atoms. The Bertz CT molecular complexity index is 567. The van der Waals surface area contributed by atoms with Crippen molar-refractivity contribution in [3.63, 3.8) is 0 Å². The average molecular weight is 272 g/mol. The molecule has 3 N–H and O–H groups in total. The summed E-state index contributed by atoms with van der Waals surface area (Å²) in [6, 6.07) is 8.56. The van der Waals surface area contributed by atoms with E-state index in [2.05, 4.69) is 36.6 Å². The third kappa shape index (κ3) is 2.60. The second-order valence-corrected chi connectivity index (χ2v) is 6.04. The molecule has 1 atom stereocenters. The van der Waals surface area contributed by atoms with Crippen LogP contribution in [0.3, 0.4) is 0 Å². The molecule has 0 spiro atoms. The monoisotopic (exact) mass is 272 g/mol. The van der Waals surface area contributed by atoms with Gasteiger partial charge >= 0.3 is 0 Å². The quantitative estimate of drug-likeness (QED) is 0.500. The first-order chi connectivity index (χ1) is 9.79. The summed E-state index contributed by atoms with van der Waals surface area (Å²) in [6.07, 6.45) is 7.81. The second-order valence-electron chi connectivity index (χ2n) is 6.04. The molecule has 1 aliphatic carbocycles. The van der Waals surface area contributed by atoms with E-state index in [0.29, 0.717) is 5.92 Å². The second kappa shape index (κ2) is 5.98. The summed E-state index contributed by atoms with van der Waals surface area (Å²) in [4.78, 5) is 0. The number of furan rings is 1. The molecule has 1 aliphatic rings. The van der Waals surface area contributed by atoms with Crippen LogP contribution < -0.4 is 11.3 Å². The molecule has 0 amide bonds. The Morgan fingerprint density at radius 2 is 1.95 bits per heavy atom. The number of hydrogen-bond acceptors (Lipinski definition) is 3. The van der Waals surface area contributed by atoms with Crippen LogP contribution in [0, 0.1) is 12.8 Å². The maximum Gasteiger partial charge on any atom is 0.137 e. The van der Waals surface area contributed by atoms with E-state index in [1.165, 1.54) is 49.5 Å². The highest BCUT2D eigenvalue weighted by molar-refractivity contribution is 5.81. The van der Waals surface area contributed by atoms with Gasteiger partial charge in [-0.3, -0.25) is 5.84 Å². The lowest BCUT2D eigenvalue weighted by molar-refractivity contribution is 0.291. The molecule has 1 unspecified atom stereocenters. The molecular formula is C17H24N2O. The van der Waals surface area contributed by atoms with Gasteiger partial charge in [0.2, 0.25) is 0 Å². The van der Waals surface area contributed by atoms with Crippen LogP contribution in [0.5, 0.6) is 0 Å². The predicted molar refractivity (Wildman–Crippen MR) is 82.2 cm³/mol. The van der Waals surface area contributed by atoms with Crippen molar-refractivity contribution in [2.75, 3.05) is 0 Å². The zero-order chi connectivity index (χ0) is 13.9. The molecule has 20 heavy (non-hydrogen) atoms. The van der Waals surface area contributed by atoms with Crippen molar-refractivity contribution in [2.45, 2.75) is 51.5 Å². The average Bonchev–Trinajstić information content (AvgIpc) is 2.70. The Morgan fingerprint density at radius 3 is 2.60 bits per heavy atom. The van der Waals surface area contributed by atoms with Crippen LogP contribution in [-0.4, -0.2) is 0 Å². The van der Waals surface area contributed by atoms with Crippen molar-refractivity contribution in [1.29, 1.82) is 0 Å². The summed E-state index contributed by atoms with van der Waals surface area (Å²) >= 11 is 0. The first-order valence-corrected chi connectivity index (χ1v) is 7.75. The minimum Gasteiger partial charge on any atom is -0.459 e. The fourth-order valence-corrected chi connectivity index (χ4v) is 3.48. The third-order valence-corrected chi connectivity index (χ3v) is 4.62. The molecule has 3 rings (SSSR count). The maximum atomic E-state index is 6.10. The van der Waals surface area contributed by atoms with Gasteiger partial charge in [-0.2, -0.15) is 0 Å². The summed E-state index contributed by atoms with van der Waals surface area (Å²) in [6.45, 7) is 2.09. The summed E-state index contributed by atoms with van der Waals surface area (Å²) in [7, 11) is 0. The zero-order valence-electron chi connectivity index (χ0n) is 12.2. The lowest BCUT2D eigenvalue weighted by Crippen LogP contribution is -2.33. The number of rotatable bonds is 3. The van der Waals surface area contributed by atoms with Crippen molar-refractivity contribution in [1.82, 2.24) is 5.43 Å². The topological polar surface area (TPSA) is 51.2 Å². The summed E-state index contributed by atoms with van der Waals surface area (Å²) in [5.41, 5.74) is 5.18. The minimum atomic E-state index is 0.139. The molecule has 1 fully saturated rings. The van der Waals surface area contributed by atoms with Crippen LogP contribution in [0.15, 0.2) is 28.7 Å². The van der Waals surface area contributed by atoms with E-state index in [1.54, 1.807) is 0 Å². The van der Waals surface area contributed by atoms with Crippen LogP contribution >= 0.6 is 0 Å². The van der Waals surface area contributed by atoms with Crippen molar-refractivity contribution in [3.8, 4) is 0 Å². The van der Waals surface area contributed by atoms with E-state index in [4.69, 9.17) is 10.3 Å². The van der Waals surface area contributed by atoms with Gasteiger partial charge in [0.1, 0.15) is 11.3 Å². The Kier molecular flexibility index (Phi) is 4.08. The molecule has 1 aromatic carbocycles. The Morgan fingerprint density at radius 1 is 1.20 bits per heavy atom. The summed E-state index contributed by atoms with van der Waals surface area (Å²) in [5, 5.41) is 1.17. The van der Waals surface area contributed by atoms with Crippen LogP contribution in [0.1, 0.15) is 55.9 Å². The Hall–Kier alpha value is -1.32. The lowest BCUT2D eigenvalue weighted by Gasteiger charge is -2.23. The van der Waals surface area contributed by atoms with Gasteiger partial charge < -0.3 is 4.42 Å². The van der Waals surface area contributed by atoms with Gasteiger partial charge in [-0.05, 0) is 37.3 Å². The molecule has 108 valence electrons. The first kappa shape index (κ1) is 13.7. The summed E-state index contributed by atoms with van der Waals surface area (Å²) in [5.74, 6) is 7.41. The smallest absolute Gasteiger partial charge is 0.137 e. The molecule has 0 aliphatic heterocycles. The number of aryl methyl sites for hydroxylation is 1. The van der Waals surface area contributed by atoms with Gasteiger partial charge in [0, 0.05) is 5.39 Å². The highest BCUT2D eigenvalue weighted by Gasteiger charge is 2.26. The van der Waals surface area contributed by atoms with Gasteiger partial charge in [-0.15, -0.1) is 0 Å². The molecule has 3 nitrogen and oxygen atoms in total. The number of hydrazine groups is 1. The van der Waals surface area contributed by atoms with E-state index in [-0.39, 0.29) is 6.04 Å². The maximum absolute atomic E-state index is 6.10. The van der Waals surface area contributed by atoms with Gasteiger partial charge in [0.15, 0.2) is 0 Å². The number of benzene rings is 1. The number of hydrogen-bond donors (Lipinski definition) is 2. The van der Waals surface area contributed by atoms with Crippen molar-refractivity contribution in [3.05, 3.63) is 35.6 Å². The molecule has 0 radical (unpaired) electrons. The normalized spacial score (nSPS) is 19.1. The number of para-hydroxylation sites is 1. The molecule has 0 saturated heterocycles. The highest BCUT2D eigenvalue weighted by atomic mass is 16.3. The fraction of sp³-hybridized carbons (Fsp3) is 0.529. The van der Waals surface area contributed by atoms with Gasteiger partial charge in [-0.25, -0.2) is 5.43 Å². The van der Waals surface area contributed by atoms with Crippen molar-refractivity contribution in [2.24, 2.45) is 11.8 Å². The fourth-order valence-electron chi connectivity index (χ4n) is 3.48. The number of nitrogens with one attached hydrogen (secondary N) is 1. The molecule has 3 heteroatoms. The van der Waals surface area contributed by atoms with Crippen LogP contribution in [0.4, 0.5) is 0 Å². The third-order valence-electron chi connectivity index (χ3n) is 4.62. The molecule has 2 aromatic rings. The van der Waals surface area contributed by atoms with Crippen molar-refractivity contribution >= 4 is 11.0 Å². The van der Waals surface area contributed by atoms with E-state index in [9.17, 15) is 0 Å². The summed E-state index contributed by atoms with van der Waals surface area (Å²) < 4.78 is 6.10. The lowest BCUT2D eigenvalue weighted by atomic mass is 9.90. The molecule has 1 aromatic heterocycles. The zero-order valence-corrected chi connectivity index (χ0v) is 12.2. The largest absolute Gasteiger partial charge is 0.459 e. The van der Waals surface area contributed by atoms with Crippen LogP contribution in [0.25, 0.3) is 11.0 Å². The molecule has 1 saturated carbocycles. The van der Waals surface area contributed by atoms with Gasteiger partial charge in [-0.1, -0.05) is 43.9 Å². The van der Waals surface area contributed by atoms with Gasteiger partial charge in [0.05, 0.1) is 6.04 Å². The van der Waals surface area contributed by atoms with E-state index in [0.717, 1.165) is 11.3 Å². The van der Waals surface area contributed by atoms with Gasteiger partial charge in [0.25, 0.3) is 0 Å².